The molecule has 0 spiro atoms. The lowest BCUT2D eigenvalue weighted by Crippen LogP contribution is -2.07. The van der Waals surface area contributed by atoms with E-state index in [0.29, 0.717) is 30.6 Å². The van der Waals surface area contributed by atoms with Crippen LogP contribution in [-0.2, 0) is 4.74 Å². The van der Waals surface area contributed by atoms with Crippen LogP contribution in [0.2, 0.25) is 5.28 Å². The van der Waals surface area contributed by atoms with Crippen molar-refractivity contribution in [3.8, 4) is 16.9 Å². The van der Waals surface area contributed by atoms with E-state index < -0.39 is 0 Å². The SMILES string of the molecule is COCCOc1cccnc1Nc1nc(Cl)nc2cccc(-c3ccccc3)c12. The molecule has 0 fully saturated rings. The first-order valence-electron chi connectivity index (χ1n) is 9.11. The van der Waals surface area contributed by atoms with Crippen LogP contribution in [0.25, 0.3) is 22.0 Å². The molecular formula is C22H19ClN4O2. The van der Waals surface area contributed by atoms with E-state index in [0.717, 1.165) is 22.0 Å². The molecule has 0 aliphatic heterocycles. The Bertz CT molecular complexity index is 1120. The van der Waals surface area contributed by atoms with Gasteiger partial charge in [0.25, 0.3) is 0 Å². The molecule has 146 valence electrons. The molecule has 29 heavy (non-hydrogen) atoms. The highest BCUT2D eigenvalue weighted by molar-refractivity contribution is 6.29. The number of pyridine rings is 1. The van der Waals surface area contributed by atoms with Crippen molar-refractivity contribution in [3.63, 3.8) is 0 Å². The standard InChI is InChI=1S/C22H19ClN4O2/c1-28-13-14-29-18-11-6-12-24-20(18)26-21-19-16(15-7-3-2-4-8-15)9-5-10-17(19)25-22(23)27-21/h2-12H,13-14H2,1H3,(H,24,25,26,27). The number of halogens is 1. The van der Waals surface area contributed by atoms with E-state index in [1.54, 1.807) is 13.3 Å². The summed E-state index contributed by atoms with van der Waals surface area (Å²) in [5.41, 5.74) is 2.80. The van der Waals surface area contributed by atoms with Crippen molar-refractivity contribution in [2.75, 3.05) is 25.6 Å². The third-order valence-electron chi connectivity index (χ3n) is 4.33. The molecule has 2 aromatic carbocycles. The molecule has 0 aliphatic rings. The summed E-state index contributed by atoms with van der Waals surface area (Å²) in [6, 6.07) is 19.6. The zero-order valence-corrected chi connectivity index (χ0v) is 16.6. The third-order valence-corrected chi connectivity index (χ3v) is 4.50. The molecule has 0 atom stereocenters. The molecule has 0 radical (unpaired) electrons. The second-order valence-electron chi connectivity index (χ2n) is 6.22. The number of benzene rings is 2. The normalized spacial score (nSPS) is 10.8. The minimum absolute atomic E-state index is 0.156. The summed E-state index contributed by atoms with van der Waals surface area (Å²) in [6.07, 6.45) is 1.69. The summed E-state index contributed by atoms with van der Waals surface area (Å²) in [6.45, 7) is 0.895. The van der Waals surface area contributed by atoms with Crippen molar-refractivity contribution in [1.29, 1.82) is 0 Å². The minimum atomic E-state index is 0.156. The summed E-state index contributed by atoms with van der Waals surface area (Å²) < 4.78 is 10.8. The van der Waals surface area contributed by atoms with Crippen molar-refractivity contribution in [3.05, 3.63) is 72.1 Å². The van der Waals surface area contributed by atoms with Gasteiger partial charge in [0.2, 0.25) is 5.28 Å². The Morgan fingerprint density at radius 1 is 0.897 bits per heavy atom. The summed E-state index contributed by atoms with van der Waals surface area (Å²) in [7, 11) is 1.63. The zero-order valence-electron chi connectivity index (χ0n) is 15.8. The van der Waals surface area contributed by atoms with Crippen LogP contribution in [-0.4, -0.2) is 35.3 Å². The number of aromatic nitrogens is 3. The van der Waals surface area contributed by atoms with E-state index in [9.17, 15) is 0 Å². The summed E-state index contributed by atoms with van der Waals surface area (Å²) in [5, 5.41) is 4.29. The number of nitrogens with zero attached hydrogens (tertiary/aromatic N) is 3. The fourth-order valence-corrected chi connectivity index (χ4v) is 3.23. The largest absolute Gasteiger partial charge is 0.487 e. The highest BCUT2D eigenvalue weighted by Crippen LogP contribution is 2.35. The van der Waals surface area contributed by atoms with Gasteiger partial charge in [-0.05, 0) is 40.9 Å². The predicted molar refractivity (Wildman–Crippen MR) is 115 cm³/mol. The van der Waals surface area contributed by atoms with Gasteiger partial charge in [-0.2, -0.15) is 4.98 Å². The molecule has 1 N–H and O–H groups in total. The van der Waals surface area contributed by atoms with Gasteiger partial charge in [0, 0.05) is 13.3 Å². The van der Waals surface area contributed by atoms with Crippen molar-refractivity contribution in [2.24, 2.45) is 0 Å². The molecule has 0 aliphatic carbocycles. The Morgan fingerprint density at radius 3 is 2.59 bits per heavy atom. The second kappa shape index (κ2) is 8.86. The number of nitrogens with one attached hydrogen (secondary N) is 1. The average molecular weight is 407 g/mol. The third kappa shape index (κ3) is 4.29. The molecule has 2 heterocycles. The molecule has 0 saturated carbocycles. The maximum atomic E-state index is 6.20. The van der Waals surface area contributed by atoms with E-state index in [4.69, 9.17) is 21.1 Å². The van der Waals surface area contributed by atoms with E-state index >= 15 is 0 Å². The van der Waals surface area contributed by atoms with Crippen LogP contribution in [0.1, 0.15) is 0 Å². The Morgan fingerprint density at radius 2 is 1.76 bits per heavy atom. The molecule has 0 bridgehead atoms. The fourth-order valence-electron chi connectivity index (χ4n) is 3.05. The number of rotatable bonds is 7. The maximum absolute atomic E-state index is 6.20. The Balaban J connectivity index is 1.81. The molecule has 0 amide bonds. The Labute approximate surface area is 173 Å². The average Bonchev–Trinajstić information content (AvgIpc) is 2.75. The molecule has 4 aromatic rings. The van der Waals surface area contributed by atoms with Gasteiger partial charge in [-0.3, -0.25) is 0 Å². The molecular weight excluding hydrogens is 388 g/mol. The number of methoxy groups -OCH3 is 1. The summed E-state index contributed by atoms with van der Waals surface area (Å²) in [5.74, 6) is 1.71. The summed E-state index contributed by atoms with van der Waals surface area (Å²) >= 11 is 6.20. The van der Waals surface area contributed by atoms with Crippen LogP contribution in [0.4, 0.5) is 11.6 Å². The highest BCUT2D eigenvalue weighted by atomic mass is 35.5. The molecule has 4 rings (SSSR count). The molecule has 0 saturated heterocycles. The van der Waals surface area contributed by atoms with Crippen LogP contribution >= 0.6 is 11.6 Å². The lowest BCUT2D eigenvalue weighted by molar-refractivity contribution is 0.146. The lowest BCUT2D eigenvalue weighted by Gasteiger charge is -2.15. The van der Waals surface area contributed by atoms with Gasteiger partial charge in [-0.25, -0.2) is 9.97 Å². The smallest absolute Gasteiger partial charge is 0.224 e. The van der Waals surface area contributed by atoms with Gasteiger partial charge in [0.05, 0.1) is 17.5 Å². The minimum Gasteiger partial charge on any atom is -0.487 e. The van der Waals surface area contributed by atoms with E-state index in [-0.39, 0.29) is 5.28 Å². The van der Waals surface area contributed by atoms with E-state index in [1.807, 2.05) is 60.7 Å². The van der Waals surface area contributed by atoms with Crippen molar-refractivity contribution in [1.82, 2.24) is 15.0 Å². The number of fused-ring (bicyclic) bond motifs is 1. The van der Waals surface area contributed by atoms with Gasteiger partial charge in [0.15, 0.2) is 11.6 Å². The van der Waals surface area contributed by atoms with Crippen LogP contribution in [0.3, 0.4) is 0 Å². The Kier molecular flexibility index (Phi) is 5.84. The van der Waals surface area contributed by atoms with Crippen LogP contribution in [0.5, 0.6) is 5.75 Å². The van der Waals surface area contributed by atoms with Gasteiger partial charge in [0.1, 0.15) is 12.4 Å². The van der Waals surface area contributed by atoms with Crippen molar-refractivity contribution >= 4 is 34.1 Å². The van der Waals surface area contributed by atoms with Crippen LogP contribution in [0.15, 0.2) is 66.9 Å². The molecule has 0 unspecified atom stereocenters. The van der Waals surface area contributed by atoms with E-state index in [1.165, 1.54) is 0 Å². The molecule has 2 aromatic heterocycles. The van der Waals surface area contributed by atoms with Crippen LogP contribution < -0.4 is 10.1 Å². The van der Waals surface area contributed by atoms with Gasteiger partial charge in [-0.15, -0.1) is 0 Å². The highest BCUT2D eigenvalue weighted by Gasteiger charge is 2.15. The van der Waals surface area contributed by atoms with E-state index in [2.05, 4.69) is 20.3 Å². The molecule has 6 nitrogen and oxygen atoms in total. The first kappa shape index (κ1) is 19.1. The monoisotopic (exact) mass is 406 g/mol. The number of ether oxygens (including phenoxy) is 2. The Hall–Kier alpha value is -3.22. The van der Waals surface area contributed by atoms with Gasteiger partial charge < -0.3 is 14.8 Å². The fraction of sp³-hybridized carbons (Fsp3) is 0.136. The number of hydrogen-bond acceptors (Lipinski definition) is 6. The first-order valence-corrected chi connectivity index (χ1v) is 9.49. The summed E-state index contributed by atoms with van der Waals surface area (Å²) in [4.78, 5) is 13.2. The maximum Gasteiger partial charge on any atom is 0.224 e. The quantitative estimate of drug-likeness (QED) is 0.339. The molecule has 7 heteroatoms. The zero-order chi connectivity index (χ0) is 20.1. The van der Waals surface area contributed by atoms with Crippen LogP contribution in [0, 0.1) is 0 Å². The predicted octanol–water partition coefficient (Wildman–Crippen LogP) is 5.11. The lowest BCUT2D eigenvalue weighted by atomic mass is 10.0. The number of hydrogen-bond donors (Lipinski definition) is 1. The van der Waals surface area contributed by atoms with Crippen molar-refractivity contribution < 1.29 is 9.47 Å². The van der Waals surface area contributed by atoms with Gasteiger partial charge >= 0.3 is 0 Å². The van der Waals surface area contributed by atoms with Crippen molar-refractivity contribution in [2.45, 2.75) is 0 Å². The first-order chi connectivity index (χ1) is 14.3. The topological polar surface area (TPSA) is 69.2 Å². The number of anilines is 2. The van der Waals surface area contributed by atoms with Gasteiger partial charge in [-0.1, -0.05) is 42.5 Å². The second-order valence-corrected chi connectivity index (χ2v) is 6.56.